The van der Waals surface area contributed by atoms with Gasteiger partial charge in [-0.05, 0) is 48.4 Å². The number of benzene rings is 2. The van der Waals surface area contributed by atoms with Gasteiger partial charge in [-0.15, -0.1) is 0 Å². The predicted octanol–water partition coefficient (Wildman–Crippen LogP) is 3.74. The number of rotatable bonds is 6. The molecule has 29 heavy (non-hydrogen) atoms. The number of piperazine rings is 1. The summed E-state index contributed by atoms with van der Waals surface area (Å²) in [6.45, 7) is 3.88. The van der Waals surface area contributed by atoms with Crippen LogP contribution in [0.5, 0.6) is 0 Å². The van der Waals surface area contributed by atoms with Gasteiger partial charge in [0.2, 0.25) is 5.95 Å². The summed E-state index contributed by atoms with van der Waals surface area (Å²) in [5.74, 6) is 0.998. The molecular weight excluding hydrogens is 372 g/mol. The standard InChI is InChI=1S/C22H23F2N5/c23-18-5-7-19(8-6-18)28-13-15-29(16-14-28)21-10-12-26-22(27-21)25-11-9-17-3-1-2-4-20(17)24/h1-8,10,12H,9,11,13-16H2,(H,25,26,27). The van der Waals surface area contributed by atoms with Crippen LogP contribution < -0.4 is 15.1 Å². The Kier molecular flexibility index (Phi) is 5.84. The molecule has 0 radical (unpaired) electrons. The van der Waals surface area contributed by atoms with E-state index >= 15 is 0 Å². The maximum absolute atomic E-state index is 13.7. The molecule has 3 aromatic rings. The van der Waals surface area contributed by atoms with Gasteiger partial charge in [0.15, 0.2) is 0 Å². The van der Waals surface area contributed by atoms with Crippen molar-refractivity contribution in [3.8, 4) is 0 Å². The molecular formula is C22H23F2N5. The summed E-state index contributed by atoms with van der Waals surface area (Å²) in [7, 11) is 0. The van der Waals surface area contributed by atoms with Crippen molar-refractivity contribution in [3.63, 3.8) is 0 Å². The number of nitrogens with zero attached hydrogens (tertiary/aromatic N) is 4. The fourth-order valence-electron chi connectivity index (χ4n) is 3.47. The first-order valence-corrected chi connectivity index (χ1v) is 9.75. The van der Waals surface area contributed by atoms with E-state index in [9.17, 15) is 8.78 Å². The van der Waals surface area contributed by atoms with Gasteiger partial charge in [-0.3, -0.25) is 0 Å². The summed E-state index contributed by atoms with van der Waals surface area (Å²) < 4.78 is 26.8. The zero-order valence-electron chi connectivity index (χ0n) is 16.1. The summed E-state index contributed by atoms with van der Waals surface area (Å²) in [5.41, 5.74) is 1.71. The molecule has 5 nitrogen and oxygen atoms in total. The van der Waals surface area contributed by atoms with Gasteiger partial charge < -0.3 is 15.1 Å². The predicted molar refractivity (Wildman–Crippen MR) is 111 cm³/mol. The molecule has 0 spiro atoms. The lowest BCUT2D eigenvalue weighted by molar-refractivity contribution is 0.610. The highest BCUT2D eigenvalue weighted by molar-refractivity contribution is 5.50. The molecule has 2 aromatic carbocycles. The lowest BCUT2D eigenvalue weighted by Crippen LogP contribution is -2.46. The normalized spacial score (nSPS) is 14.1. The zero-order chi connectivity index (χ0) is 20.1. The molecule has 150 valence electrons. The number of hydrogen-bond donors (Lipinski definition) is 1. The highest BCUT2D eigenvalue weighted by Crippen LogP contribution is 2.20. The third kappa shape index (κ3) is 4.80. The maximum Gasteiger partial charge on any atom is 0.224 e. The van der Waals surface area contributed by atoms with Gasteiger partial charge in [0, 0.05) is 44.6 Å². The highest BCUT2D eigenvalue weighted by Gasteiger charge is 2.18. The Hall–Kier alpha value is -3.22. The van der Waals surface area contributed by atoms with E-state index in [1.54, 1.807) is 18.3 Å². The van der Waals surface area contributed by atoms with E-state index in [0.29, 0.717) is 24.5 Å². The van der Waals surface area contributed by atoms with E-state index in [2.05, 4.69) is 25.1 Å². The van der Waals surface area contributed by atoms with Gasteiger partial charge in [0.05, 0.1) is 0 Å². The summed E-state index contributed by atoms with van der Waals surface area (Å²) in [6, 6.07) is 15.3. The molecule has 0 bridgehead atoms. The van der Waals surface area contributed by atoms with Crippen LogP contribution in [0.1, 0.15) is 5.56 Å². The van der Waals surface area contributed by atoms with Crippen molar-refractivity contribution >= 4 is 17.5 Å². The molecule has 0 unspecified atom stereocenters. The number of hydrogen-bond acceptors (Lipinski definition) is 5. The molecule has 1 aliphatic rings. The minimum Gasteiger partial charge on any atom is -0.368 e. The van der Waals surface area contributed by atoms with E-state index in [1.165, 1.54) is 18.2 Å². The van der Waals surface area contributed by atoms with Gasteiger partial charge in [-0.25, -0.2) is 13.8 Å². The first kappa shape index (κ1) is 19.1. The van der Waals surface area contributed by atoms with Crippen LogP contribution in [0, 0.1) is 11.6 Å². The Morgan fingerprint density at radius 2 is 1.59 bits per heavy atom. The quantitative estimate of drug-likeness (QED) is 0.689. The lowest BCUT2D eigenvalue weighted by atomic mass is 10.1. The number of halogens is 2. The molecule has 1 aliphatic heterocycles. The molecule has 1 fully saturated rings. The van der Waals surface area contributed by atoms with Crippen LogP contribution >= 0.6 is 0 Å². The van der Waals surface area contributed by atoms with E-state index in [4.69, 9.17) is 0 Å². The first-order valence-electron chi connectivity index (χ1n) is 9.75. The topological polar surface area (TPSA) is 44.3 Å². The zero-order valence-corrected chi connectivity index (χ0v) is 16.1. The monoisotopic (exact) mass is 395 g/mol. The van der Waals surface area contributed by atoms with E-state index in [0.717, 1.165) is 37.7 Å². The van der Waals surface area contributed by atoms with Crippen molar-refractivity contribution in [2.24, 2.45) is 0 Å². The van der Waals surface area contributed by atoms with Crippen LogP contribution in [-0.2, 0) is 6.42 Å². The maximum atomic E-state index is 13.7. The minimum atomic E-state index is -0.219. The van der Waals surface area contributed by atoms with Crippen LogP contribution in [0.3, 0.4) is 0 Å². The SMILES string of the molecule is Fc1ccc(N2CCN(c3ccnc(NCCc4ccccc4F)n3)CC2)cc1. The lowest BCUT2D eigenvalue weighted by Gasteiger charge is -2.36. The fourth-order valence-corrected chi connectivity index (χ4v) is 3.47. The molecule has 1 N–H and O–H groups in total. The van der Waals surface area contributed by atoms with Crippen molar-refractivity contribution in [2.75, 3.05) is 47.8 Å². The average molecular weight is 395 g/mol. The summed E-state index contributed by atoms with van der Waals surface area (Å²) in [6.07, 6.45) is 2.30. The fraction of sp³-hybridized carbons (Fsp3) is 0.273. The van der Waals surface area contributed by atoms with Crippen molar-refractivity contribution in [3.05, 3.63) is 78.0 Å². The third-order valence-electron chi connectivity index (χ3n) is 5.07. The van der Waals surface area contributed by atoms with Gasteiger partial charge in [-0.1, -0.05) is 18.2 Å². The molecule has 0 saturated carbocycles. The third-order valence-corrected chi connectivity index (χ3v) is 5.07. The van der Waals surface area contributed by atoms with Crippen LogP contribution in [0.25, 0.3) is 0 Å². The summed E-state index contributed by atoms with van der Waals surface area (Å²) >= 11 is 0. The number of nitrogens with one attached hydrogen (secondary N) is 1. The summed E-state index contributed by atoms with van der Waals surface area (Å²) in [5, 5.41) is 3.18. The van der Waals surface area contributed by atoms with Crippen LogP contribution in [0.15, 0.2) is 60.8 Å². The molecule has 0 atom stereocenters. The molecule has 1 aromatic heterocycles. The second kappa shape index (κ2) is 8.86. The largest absolute Gasteiger partial charge is 0.368 e. The number of anilines is 3. The molecule has 4 rings (SSSR count). The Balaban J connectivity index is 1.32. The van der Waals surface area contributed by atoms with Gasteiger partial charge in [0.25, 0.3) is 0 Å². The van der Waals surface area contributed by atoms with Crippen molar-refractivity contribution in [1.82, 2.24) is 9.97 Å². The Labute approximate surface area is 169 Å². The molecule has 0 amide bonds. The second-order valence-corrected chi connectivity index (χ2v) is 6.96. The first-order chi connectivity index (χ1) is 14.2. The Morgan fingerprint density at radius 3 is 2.34 bits per heavy atom. The van der Waals surface area contributed by atoms with Crippen LogP contribution in [-0.4, -0.2) is 42.7 Å². The summed E-state index contributed by atoms with van der Waals surface area (Å²) in [4.78, 5) is 13.3. The number of aromatic nitrogens is 2. The van der Waals surface area contributed by atoms with Gasteiger partial charge >= 0.3 is 0 Å². The van der Waals surface area contributed by atoms with E-state index in [-0.39, 0.29) is 11.6 Å². The Bertz CT molecular complexity index is 940. The van der Waals surface area contributed by atoms with Crippen molar-refractivity contribution in [2.45, 2.75) is 6.42 Å². The van der Waals surface area contributed by atoms with Gasteiger partial charge in [-0.2, -0.15) is 4.98 Å². The molecule has 7 heteroatoms. The van der Waals surface area contributed by atoms with E-state index in [1.807, 2.05) is 24.3 Å². The molecule has 0 aliphatic carbocycles. The Morgan fingerprint density at radius 1 is 0.862 bits per heavy atom. The van der Waals surface area contributed by atoms with Crippen LogP contribution in [0.2, 0.25) is 0 Å². The molecule has 2 heterocycles. The van der Waals surface area contributed by atoms with Crippen molar-refractivity contribution in [1.29, 1.82) is 0 Å². The molecule has 1 saturated heterocycles. The van der Waals surface area contributed by atoms with Crippen LogP contribution in [0.4, 0.5) is 26.2 Å². The van der Waals surface area contributed by atoms with Crippen molar-refractivity contribution < 1.29 is 8.78 Å². The average Bonchev–Trinajstić information content (AvgIpc) is 2.76. The minimum absolute atomic E-state index is 0.192. The highest BCUT2D eigenvalue weighted by atomic mass is 19.1. The second-order valence-electron chi connectivity index (χ2n) is 6.96. The van der Waals surface area contributed by atoms with E-state index < -0.39 is 0 Å². The van der Waals surface area contributed by atoms with Gasteiger partial charge in [0.1, 0.15) is 17.5 Å². The smallest absolute Gasteiger partial charge is 0.224 e.